The fourth-order valence-corrected chi connectivity index (χ4v) is 4.05. The van der Waals surface area contributed by atoms with Crippen LogP contribution in [0.5, 0.6) is 0 Å². The Kier molecular flexibility index (Phi) is 7.84. The van der Waals surface area contributed by atoms with Gasteiger partial charge in [0.1, 0.15) is 11.5 Å². The first-order valence-electron chi connectivity index (χ1n) is 7.93. The zero-order valence-corrected chi connectivity index (χ0v) is 15.6. The van der Waals surface area contributed by atoms with Gasteiger partial charge in [0.15, 0.2) is 0 Å². The summed E-state index contributed by atoms with van der Waals surface area (Å²) in [5.41, 5.74) is 0.926. The van der Waals surface area contributed by atoms with Crippen LogP contribution >= 0.6 is 7.60 Å². The highest BCUT2D eigenvalue weighted by molar-refractivity contribution is 7.53. The predicted molar refractivity (Wildman–Crippen MR) is 89.2 cm³/mol. The molecule has 0 spiro atoms. The van der Waals surface area contributed by atoms with Gasteiger partial charge in [0.2, 0.25) is 0 Å². The molecule has 0 aromatic carbocycles. The second kappa shape index (κ2) is 8.88. The molecule has 1 heterocycles. The van der Waals surface area contributed by atoms with E-state index < -0.39 is 7.60 Å². The van der Waals surface area contributed by atoms with Crippen molar-refractivity contribution in [1.29, 1.82) is 0 Å². The Morgan fingerprint density at radius 3 is 2.27 bits per heavy atom. The van der Waals surface area contributed by atoms with E-state index in [1.807, 2.05) is 38.9 Å². The average molecular weight is 331 g/mol. The van der Waals surface area contributed by atoms with Crippen molar-refractivity contribution >= 4 is 7.60 Å². The maximum atomic E-state index is 12.8. The van der Waals surface area contributed by atoms with Crippen LogP contribution in [-0.4, -0.2) is 32.2 Å². The molecule has 1 rings (SSSR count). The molecule has 22 heavy (non-hydrogen) atoms. The number of furan rings is 1. The molecule has 0 aliphatic heterocycles. The van der Waals surface area contributed by atoms with E-state index in [0.29, 0.717) is 25.7 Å². The molecule has 0 aliphatic rings. The quantitative estimate of drug-likeness (QED) is 0.598. The van der Waals surface area contributed by atoms with E-state index in [9.17, 15) is 4.57 Å². The minimum absolute atomic E-state index is 0.263. The van der Waals surface area contributed by atoms with Crippen molar-refractivity contribution in [2.75, 3.05) is 27.3 Å². The summed E-state index contributed by atoms with van der Waals surface area (Å²) in [6, 6.07) is 2.00. The lowest BCUT2D eigenvalue weighted by Gasteiger charge is -2.17. The Labute approximate surface area is 134 Å². The largest absolute Gasteiger partial charge is 0.464 e. The molecule has 0 unspecified atom stereocenters. The Morgan fingerprint density at radius 1 is 1.23 bits per heavy atom. The van der Waals surface area contributed by atoms with Crippen molar-refractivity contribution in [3.8, 4) is 0 Å². The highest BCUT2D eigenvalue weighted by Crippen LogP contribution is 2.52. The van der Waals surface area contributed by atoms with Crippen LogP contribution in [0.25, 0.3) is 0 Å². The molecule has 1 aromatic heterocycles. The van der Waals surface area contributed by atoms with Gasteiger partial charge < -0.3 is 18.4 Å². The zero-order valence-electron chi connectivity index (χ0n) is 14.7. The van der Waals surface area contributed by atoms with Gasteiger partial charge in [-0.2, -0.15) is 0 Å². The second-order valence-corrected chi connectivity index (χ2v) is 8.16. The summed E-state index contributed by atoms with van der Waals surface area (Å²) < 4.78 is 29.5. The minimum atomic E-state index is -3.11. The third kappa shape index (κ3) is 6.25. The van der Waals surface area contributed by atoms with Gasteiger partial charge in [0.25, 0.3) is 0 Å². The summed E-state index contributed by atoms with van der Waals surface area (Å²) in [5, 5.41) is 0. The van der Waals surface area contributed by atoms with E-state index >= 15 is 0 Å². The average Bonchev–Trinajstić information content (AvgIpc) is 2.69. The van der Waals surface area contributed by atoms with Crippen molar-refractivity contribution < 1.29 is 18.0 Å². The molecule has 0 amide bonds. The van der Waals surface area contributed by atoms with Crippen molar-refractivity contribution in [2.45, 2.75) is 46.8 Å². The van der Waals surface area contributed by atoms with Gasteiger partial charge >= 0.3 is 7.60 Å². The van der Waals surface area contributed by atoms with Crippen LogP contribution < -0.4 is 0 Å². The van der Waals surface area contributed by atoms with Crippen LogP contribution in [-0.2, 0) is 32.7 Å². The van der Waals surface area contributed by atoms with E-state index in [1.165, 1.54) is 0 Å². The standard InChI is InChI=1S/C16H30NO4P/c1-7-19-22(18,20-8-2)12-14-10-15(9-13(3)4)21-16(14)11-17(5)6/h10,13H,7-9,11-12H2,1-6H3. The molecule has 0 saturated carbocycles. The molecular formula is C16H30NO4P. The molecule has 0 atom stereocenters. The van der Waals surface area contributed by atoms with Crippen LogP contribution in [0.2, 0.25) is 0 Å². The molecule has 0 fully saturated rings. The predicted octanol–water partition coefficient (Wildman–Crippen LogP) is 4.31. The Hall–Kier alpha value is -0.610. The molecule has 0 N–H and O–H groups in total. The lowest BCUT2D eigenvalue weighted by Crippen LogP contribution is -2.11. The second-order valence-electron chi connectivity index (χ2n) is 6.10. The minimum Gasteiger partial charge on any atom is -0.464 e. The van der Waals surface area contributed by atoms with E-state index in [4.69, 9.17) is 13.5 Å². The molecule has 0 radical (unpaired) electrons. The number of hydrogen-bond acceptors (Lipinski definition) is 5. The first kappa shape index (κ1) is 19.4. The maximum absolute atomic E-state index is 12.8. The van der Waals surface area contributed by atoms with Crippen LogP contribution in [0.1, 0.15) is 44.8 Å². The van der Waals surface area contributed by atoms with E-state index in [-0.39, 0.29) is 6.16 Å². The molecule has 0 saturated heterocycles. The third-order valence-corrected chi connectivity index (χ3v) is 5.06. The number of nitrogens with zero attached hydrogens (tertiary/aromatic N) is 1. The van der Waals surface area contributed by atoms with Gasteiger partial charge in [-0.05, 0) is 39.9 Å². The third-order valence-electron chi connectivity index (χ3n) is 3.03. The normalized spacial score (nSPS) is 12.5. The molecule has 0 aliphatic carbocycles. The van der Waals surface area contributed by atoms with Crippen molar-refractivity contribution in [3.63, 3.8) is 0 Å². The molecule has 128 valence electrons. The van der Waals surface area contributed by atoms with Crippen LogP contribution in [0.15, 0.2) is 10.5 Å². The highest BCUT2D eigenvalue weighted by Gasteiger charge is 2.27. The summed E-state index contributed by atoms with van der Waals surface area (Å²) in [6.07, 6.45) is 1.13. The summed E-state index contributed by atoms with van der Waals surface area (Å²) in [7, 11) is 0.859. The lowest BCUT2D eigenvalue weighted by atomic mass is 10.1. The van der Waals surface area contributed by atoms with Crippen molar-refractivity contribution in [2.24, 2.45) is 5.92 Å². The Balaban J connectivity index is 3.03. The van der Waals surface area contributed by atoms with Crippen LogP contribution in [0.4, 0.5) is 0 Å². The zero-order chi connectivity index (χ0) is 16.8. The first-order valence-corrected chi connectivity index (χ1v) is 9.65. The number of rotatable bonds is 10. The summed E-state index contributed by atoms with van der Waals surface area (Å²) >= 11 is 0. The molecule has 6 heteroatoms. The van der Waals surface area contributed by atoms with E-state index in [0.717, 1.165) is 23.5 Å². The van der Waals surface area contributed by atoms with Gasteiger partial charge in [-0.25, -0.2) is 0 Å². The summed E-state index contributed by atoms with van der Waals surface area (Å²) in [6.45, 7) is 9.37. The van der Waals surface area contributed by atoms with Crippen molar-refractivity contribution in [3.05, 3.63) is 23.2 Å². The monoisotopic (exact) mass is 331 g/mol. The van der Waals surface area contributed by atoms with Gasteiger partial charge in [-0.1, -0.05) is 13.8 Å². The Morgan fingerprint density at radius 2 is 1.82 bits per heavy atom. The van der Waals surface area contributed by atoms with E-state index in [2.05, 4.69) is 13.8 Å². The summed E-state index contributed by atoms with van der Waals surface area (Å²) in [5.74, 6) is 2.29. The maximum Gasteiger partial charge on any atom is 0.335 e. The highest BCUT2D eigenvalue weighted by atomic mass is 31.2. The first-order chi connectivity index (χ1) is 10.3. The molecular weight excluding hydrogens is 301 g/mol. The topological polar surface area (TPSA) is 51.9 Å². The fourth-order valence-electron chi connectivity index (χ4n) is 2.32. The molecule has 5 nitrogen and oxygen atoms in total. The molecule has 1 aromatic rings. The van der Waals surface area contributed by atoms with Crippen LogP contribution in [0.3, 0.4) is 0 Å². The van der Waals surface area contributed by atoms with Crippen LogP contribution in [0, 0.1) is 5.92 Å². The van der Waals surface area contributed by atoms with Gasteiger partial charge in [-0.3, -0.25) is 4.57 Å². The van der Waals surface area contributed by atoms with E-state index in [1.54, 1.807) is 0 Å². The summed E-state index contributed by atoms with van der Waals surface area (Å²) in [4.78, 5) is 2.04. The van der Waals surface area contributed by atoms with Gasteiger partial charge in [-0.15, -0.1) is 0 Å². The fraction of sp³-hybridized carbons (Fsp3) is 0.750. The SMILES string of the molecule is CCOP(=O)(Cc1cc(CC(C)C)oc1CN(C)C)OCC. The number of hydrogen-bond donors (Lipinski definition) is 0. The lowest BCUT2D eigenvalue weighted by molar-refractivity contribution is 0.218. The van der Waals surface area contributed by atoms with Gasteiger partial charge in [0.05, 0.1) is 25.9 Å². The van der Waals surface area contributed by atoms with Gasteiger partial charge in [0, 0.05) is 12.0 Å². The smallest absolute Gasteiger partial charge is 0.335 e. The Bertz CT molecular complexity index is 486. The van der Waals surface area contributed by atoms with Crippen molar-refractivity contribution in [1.82, 2.24) is 4.90 Å². The molecule has 0 bridgehead atoms.